The van der Waals surface area contributed by atoms with E-state index in [9.17, 15) is 9.18 Å². The Bertz CT molecular complexity index is 456. The zero-order valence-corrected chi connectivity index (χ0v) is 10.4. The number of aryl methyl sites for hydroxylation is 2. The minimum absolute atomic E-state index is 0.246. The van der Waals surface area contributed by atoms with Crippen LogP contribution in [0.2, 0.25) is 0 Å². The molecule has 2 rings (SSSR count). The molecule has 0 aromatic heterocycles. The van der Waals surface area contributed by atoms with Gasteiger partial charge in [-0.05, 0) is 31.9 Å². The lowest BCUT2D eigenvalue weighted by molar-refractivity contribution is -0.145. The maximum atomic E-state index is 14.6. The van der Waals surface area contributed by atoms with Crippen molar-refractivity contribution in [2.45, 2.75) is 32.9 Å². The molecule has 0 N–H and O–H groups in total. The van der Waals surface area contributed by atoms with Crippen molar-refractivity contribution < 1.29 is 13.9 Å². The van der Waals surface area contributed by atoms with Crippen LogP contribution in [0.1, 0.15) is 30.0 Å². The van der Waals surface area contributed by atoms with Crippen LogP contribution in [-0.2, 0) is 15.2 Å². The molecule has 1 aliphatic rings. The molecule has 0 radical (unpaired) electrons. The molecular formula is C14H17FO2. The molecule has 0 saturated heterocycles. The summed E-state index contributed by atoms with van der Waals surface area (Å²) in [4.78, 5) is 11.5. The summed E-state index contributed by atoms with van der Waals surface area (Å²) >= 11 is 0. The van der Waals surface area contributed by atoms with Crippen LogP contribution in [0.5, 0.6) is 0 Å². The summed E-state index contributed by atoms with van der Waals surface area (Å²) in [5.41, 5.74) is 1.03. The van der Waals surface area contributed by atoms with E-state index in [-0.39, 0.29) is 6.42 Å². The molecule has 1 aliphatic carbocycles. The van der Waals surface area contributed by atoms with Crippen LogP contribution in [0.15, 0.2) is 18.2 Å². The first-order chi connectivity index (χ1) is 7.99. The van der Waals surface area contributed by atoms with Crippen LogP contribution in [0.25, 0.3) is 0 Å². The molecule has 0 bridgehead atoms. The summed E-state index contributed by atoms with van der Waals surface area (Å²) in [6.07, 6.45) is 0.246. The number of ether oxygens (including phenoxy) is 1. The van der Waals surface area contributed by atoms with E-state index in [1.54, 1.807) is 6.92 Å². The minimum atomic E-state index is -1.51. The van der Waals surface area contributed by atoms with Gasteiger partial charge in [-0.25, -0.2) is 4.39 Å². The molecular weight excluding hydrogens is 219 g/mol. The smallest absolute Gasteiger partial charge is 0.312 e. The summed E-state index contributed by atoms with van der Waals surface area (Å²) in [5, 5.41) is 0. The predicted octanol–water partition coefficient (Wildman–Crippen LogP) is 3.05. The van der Waals surface area contributed by atoms with Crippen molar-refractivity contribution in [3.8, 4) is 0 Å². The highest BCUT2D eigenvalue weighted by atomic mass is 19.1. The standard InChI is InChI=1S/C14H17FO2/c1-4-17-13(16)12-8-14(12,15)11-7-9(2)5-6-10(11)3/h5-7,12H,4,8H2,1-3H3/t12-,14+/m1/s1. The van der Waals surface area contributed by atoms with Crippen molar-refractivity contribution >= 4 is 5.97 Å². The first-order valence-electron chi connectivity index (χ1n) is 5.92. The van der Waals surface area contributed by atoms with Gasteiger partial charge in [0.25, 0.3) is 0 Å². The molecule has 3 heteroatoms. The van der Waals surface area contributed by atoms with E-state index in [4.69, 9.17) is 4.74 Å². The van der Waals surface area contributed by atoms with Crippen LogP contribution < -0.4 is 0 Å². The van der Waals surface area contributed by atoms with Crippen molar-refractivity contribution in [1.82, 2.24) is 0 Å². The summed E-state index contributed by atoms with van der Waals surface area (Å²) < 4.78 is 19.5. The molecule has 0 amide bonds. The molecule has 1 saturated carbocycles. The number of carbonyl (C=O) groups is 1. The number of benzene rings is 1. The highest BCUT2D eigenvalue weighted by Crippen LogP contribution is 2.57. The second-order valence-electron chi connectivity index (χ2n) is 4.69. The van der Waals surface area contributed by atoms with E-state index in [1.165, 1.54) is 0 Å². The van der Waals surface area contributed by atoms with Gasteiger partial charge < -0.3 is 4.74 Å². The lowest BCUT2D eigenvalue weighted by Gasteiger charge is -2.12. The van der Waals surface area contributed by atoms with E-state index in [1.807, 2.05) is 32.0 Å². The number of halogens is 1. The van der Waals surface area contributed by atoms with Crippen molar-refractivity contribution in [3.05, 3.63) is 34.9 Å². The molecule has 2 atom stereocenters. The molecule has 0 heterocycles. The summed E-state index contributed by atoms with van der Waals surface area (Å²) in [6, 6.07) is 5.67. The predicted molar refractivity (Wildman–Crippen MR) is 63.4 cm³/mol. The van der Waals surface area contributed by atoms with E-state index in [2.05, 4.69) is 0 Å². The summed E-state index contributed by atoms with van der Waals surface area (Å²) in [5.74, 6) is -1.04. The molecule has 2 nitrogen and oxygen atoms in total. The topological polar surface area (TPSA) is 26.3 Å². The summed E-state index contributed by atoms with van der Waals surface area (Å²) in [6.45, 7) is 5.83. The molecule has 1 aromatic carbocycles. The fourth-order valence-electron chi connectivity index (χ4n) is 2.23. The van der Waals surface area contributed by atoms with Crippen molar-refractivity contribution in [3.63, 3.8) is 0 Å². The van der Waals surface area contributed by atoms with Crippen molar-refractivity contribution in [1.29, 1.82) is 0 Å². The first kappa shape index (κ1) is 12.1. The Morgan fingerprint density at radius 3 is 2.88 bits per heavy atom. The average molecular weight is 236 g/mol. The number of hydrogen-bond donors (Lipinski definition) is 0. The summed E-state index contributed by atoms with van der Waals surface area (Å²) in [7, 11) is 0. The number of esters is 1. The SMILES string of the molecule is CCOC(=O)[C@H]1C[C@]1(F)c1cc(C)ccc1C. The van der Waals surface area contributed by atoms with Gasteiger partial charge >= 0.3 is 5.97 Å². The molecule has 1 aromatic rings. The Hall–Kier alpha value is -1.38. The minimum Gasteiger partial charge on any atom is -0.466 e. The highest BCUT2D eigenvalue weighted by molar-refractivity contribution is 5.78. The highest BCUT2D eigenvalue weighted by Gasteiger charge is 2.62. The van der Waals surface area contributed by atoms with E-state index in [0.717, 1.165) is 11.1 Å². The Kier molecular flexibility index (Phi) is 2.94. The number of hydrogen-bond acceptors (Lipinski definition) is 2. The third-order valence-corrected chi connectivity index (χ3v) is 3.31. The van der Waals surface area contributed by atoms with Crippen LogP contribution in [0, 0.1) is 19.8 Å². The quantitative estimate of drug-likeness (QED) is 0.754. The van der Waals surface area contributed by atoms with Crippen LogP contribution in [-0.4, -0.2) is 12.6 Å². The van der Waals surface area contributed by atoms with Gasteiger partial charge in [0.05, 0.1) is 12.5 Å². The molecule has 17 heavy (non-hydrogen) atoms. The number of rotatable bonds is 3. The zero-order valence-electron chi connectivity index (χ0n) is 10.4. The van der Waals surface area contributed by atoms with Gasteiger partial charge in [-0.2, -0.15) is 0 Å². The Morgan fingerprint density at radius 2 is 2.24 bits per heavy atom. The van der Waals surface area contributed by atoms with E-state index < -0.39 is 17.6 Å². The molecule has 0 unspecified atom stereocenters. The molecule has 0 aliphatic heterocycles. The van der Waals surface area contributed by atoms with Crippen molar-refractivity contribution in [2.24, 2.45) is 5.92 Å². The Morgan fingerprint density at radius 1 is 1.53 bits per heavy atom. The second-order valence-corrected chi connectivity index (χ2v) is 4.69. The lowest BCUT2D eigenvalue weighted by atomic mass is 9.99. The van der Waals surface area contributed by atoms with Crippen LogP contribution in [0.4, 0.5) is 4.39 Å². The Labute approximate surface area is 101 Å². The third kappa shape index (κ3) is 2.06. The molecule has 1 fully saturated rings. The molecule has 0 spiro atoms. The van der Waals surface area contributed by atoms with Crippen LogP contribution >= 0.6 is 0 Å². The van der Waals surface area contributed by atoms with Crippen LogP contribution in [0.3, 0.4) is 0 Å². The van der Waals surface area contributed by atoms with Gasteiger partial charge in [-0.3, -0.25) is 4.79 Å². The van der Waals surface area contributed by atoms with Gasteiger partial charge in [0.1, 0.15) is 0 Å². The van der Waals surface area contributed by atoms with Gasteiger partial charge in [0.15, 0.2) is 5.67 Å². The number of carbonyl (C=O) groups excluding carboxylic acids is 1. The van der Waals surface area contributed by atoms with Gasteiger partial charge in [-0.1, -0.05) is 23.8 Å². The first-order valence-corrected chi connectivity index (χ1v) is 5.92. The molecule has 92 valence electrons. The lowest BCUT2D eigenvalue weighted by Crippen LogP contribution is -2.14. The maximum absolute atomic E-state index is 14.6. The monoisotopic (exact) mass is 236 g/mol. The van der Waals surface area contributed by atoms with Gasteiger partial charge in [-0.15, -0.1) is 0 Å². The van der Waals surface area contributed by atoms with Gasteiger partial charge in [0, 0.05) is 6.42 Å². The Balaban J connectivity index is 2.24. The van der Waals surface area contributed by atoms with Gasteiger partial charge in [0.2, 0.25) is 0 Å². The fourth-order valence-corrected chi connectivity index (χ4v) is 2.23. The fraction of sp³-hybridized carbons (Fsp3) is 0.500. The maximum Gasteiger partial charge on any atom is 0.312 e. The van der Waals surface area contributed by atoms with E-state index in [0.29, 0.717) is 12.2 Å². The largest absolute Gasteiger partial charge is 0.466 e. The second kappa shape index (κ2) is 4.13. The average Bonchev–Trinajstić information content (AvgIpc) is 2.96. The zero-order chi connectivity index (χ0) is 12.6. The van der Waals surface area contributed by atoms with Crippen molar-refractivity contribution in [2.75, 3.05) is 6.61 Å². The van der Waals surface area contributed by atoms with E-state index >= 15 is 0 Å². The number of alkyl halides is 1. The normalized spacial score (nSPS) is 26.7. The third-order valence-electron chi connectivity index (χ3n) is 3.31.